The maximum absolute atomic E-state index is 12.8. The predicted molar refractivity (Wildman–Crippen MR) is 315 cm³/mol. The molecule has 0 aliphatic heterocycles. The van der Waals surface area contributed by atoms with E-state index in [1.807, 2.05) is 21.1 Å². The number of unbranched alkanes of at least 4 members (excludes halogenated alkanes) is 45. The van der Waals surface area contributed by atoms with Crippen LogP contribution in [0.25, 0.3) is 0 Å². The number of carbonyl (C=O) groups excluding carboxylic acids is 2. The third-order valence-corrected chi connectivity index (χ3v) is 15.7. The van der Waals surface area contributed by atoms with E-state index in [0.29, 0.717) is 17.4 Å². The van der Waals surface area contributed by atoms with E-state index in [2.05, 4.69) is 26.0 Å². The largest absolute Gasteiger partial charge is 0.756 e. The first-order valence-electron chi connectivity index (χ1n) is 32.4. The van der Waals surface area contributed by atoms with E-state index in [1.54, 1.807) is 0 Å². The maximum atomic E-state index is 12.8. The second-order valence-corrected chi connectivity index (χ2v) is 24.9. The van der Waals surface area contributed by atoms with Crippen LogP contribution < -0.4 is 4.89 Å². The van der Waals surface area contributed by atoms with Crippen LogP contribution >= 0.6 is 7.82 Å². The van der Waals surface area contributed by atoms with Crippen molar-refractivity contribution in [3.8, 4) is 0 Å². The van der Waals surface area contributed by atoms with Crippen molar-refractivity contribution in [2.75, 3.05) is 47.5 Å². The molecule has 0 aromatic heterocycles. The lowest BCUT2D eigenvalue weighted by atomic mass is 10.0. The van der Waals surface area contributed by atoms with Crippen LogP contribution in [0.2, 0.25) is 0 Å². The number of esters is 2. The molecule has 0 rings (SSSR count). The second kappa shape index (κ2) is 56.5. The predicted octanol–water partition coefficient (Wildman–Crippen LogP) is 19.8. The fraction of sp³-hybridized carbons (Fsp3) is 0.938. The van der Waals surface area contributed by atoms with E-state index in [0.717, 1.165) is 51.4 Å². The lowest BCUT2D eigenvalue weighted by molar-refractivity contribution is -0.870. The van der Waals surface area contributed by atoms with Gasteiger partial charge in [-0.25, -0.2) is 0 Å². The third-order valence-electron chi connectivity index (χ3n) is 14.8. The second-order valence-electron chi connectivity index (χ2n) is 23.5. The minimum Gasteiger partial charge on any atom is -0.756 e. The monoisotopic (exact) mass is 1070 g/mol. The first kappa shape index (κ1) is 72.8. The zero-order valence-electron chi connectivity index (χ0n) is 50.1. The molecule has 0 aliphatic carbocycles. The van der Waals surface area contributed by atoms with Crippen molar-refractivity contribution in [3.05, 3.63) is 12.2 Å². The number of hydrogen-bond donors (Lipinski definition) is 0. The Morgan fingerprint density at radius 2 is 0.689 bits per heavy atom. The number of carbonyl (C=O) groups is 2. The van der Waals surface area contributed by atoms with Crippen LogP contribution in [-0.4, -0.2) is 70.0 Å². The summed E-state index contributed by atoms with van der Waals surface area (Å²) in [4.78, 5) is 37.8. The number of likely N-dealkylation sites (N-methyl/N-ethyl adjacent to an activating group) is 1. The highest BCUT2D eigenvalue weighted by Crippen LogP contribution is 2.38. The normalized spacial score (nSPS) is 13.2. The molecule has 0 amide bonds. The van der Waals surface area contributed by atoms with Crippen molar-refractivity contribution in [2.24, 2.45) is 0 Å². The highest BCUT2D eigenvalue weighted by atomic mass is 31.2. The van der Waals surface area contributed by atoms with Gasteiger partial charge >= 0.3 is 11.9 Å². The first-order valence-corrected chi connectivity index (χ1v) is 33.9. The van der Waals surface area contributed by atoms with Crippen LogP contribution in [0.3, 0.4) is 0 Å². The Morgan fingerprint density at radius 1 is 0.405 bits per heavy atom. The summed E-state index contributed by atoms with van der Waals surface area (Å²) in [6.45, 7) is 4.28. The van der Waals surface area contributed by atoms with Gasteiger partial charge in [0.05, 0.1) is 27.7 Å². The van der Waals surface area contributed by atoms with E-state index in [9.17, 15) is 19.0 Å². The average molecular weight is 1070 g/mol. The van der Waals surface area contributed by atoms with E-state index >= 15 is 0 Å². The Bertz CT molecular complexity index is 1260. The van der Waals surface area contributed by atoms with E-state index < -0.39 is 26.5 Å². The minimum atomic E-state index is -4.63. The Kier molecular flexibility index (Phi) is 55.5. The van der Waals surface area contributed by atoms with Gasteiger partial charge in [-0.1, -0.05) is 296 Å². The van der Waals surface area contributed by atoms with Crippen LogP contribution in [0.1, 0.15) is 335 Å². The molecule has 10 heteroatoms. The molecule has 0 aromatic rings. The molecule has 0 bridgehead atoms. The average Bonchev–Trinajstić information content (AvgIpc) is 3.36. The summed E-state index contributed by atoms with van der Waals surface area (Å²) in [6, 6.07) is 0. The highest BCUT2D eigenvalue weighted by Gasteiger charge is 2.22. The van der Waals surface area contributed by atoms with Gasteiger partial charge in [0.2, 0.25) is 0 Å². The molecule has 0 saturated carbocycles. The molecular formula is C64H126NO8P. The van der Waals surface area contributed by atoms with Crippen molar-refractivity contribution in [3.63, 3.8) is 0 Å². The van der Waals surface area contributed by atoms with E-state index in [1.165, 1.54) is 250 Å². The third kappa shape index (κ3) is 60.0. The standard InChI is InChI=1S/C64H126NO8P/c1-6-8-10-12-14-16-18-20-22-23-24-25-26-27-28-29-30-31-32-33-34-35-36-37-38-39-40-41-43-44-46-48-50-52-54-56-63(66)70-60-62(61-72-74(68,69)71-59-58-65(3,4)5)73-64(67)57-55-53-51-49-47-45-42-21-19-17-15-13-11-9-7-2/h21,42,62H,6-20,22-41,43-61H2,1-5H3/b42-21-. The van der Waals surface area contributed by atoms with Crippen molar-refractivity contribution in [1.82, 2.24) is 0 Å². The van der Waals surface area contributed by atoms with Gasteiger partial charge in [-0.2, -0.15) is 0 Å². The summed E-state index contributed by atoms with van der Waals surface area (Å²) in [5.74, 6) is -0.825. The molecule has 0 radical (unpaired) electrons. The number of quaternary nitrogens is 1. The zero-order valence-corrected chi connectivity index (χ0v) is 51.0. The molecule has 0 spiro atoms. The summed E-state index contributed by atoms with van der Waals surface area (Å²) in [7, 11) is 1.18. The lowest BCUT2D eigenvalue weighted by Crippen LogP contribution is -2.37. The summed E-state index contributed by atoms with van der Waals surface area (Å²) in [5.41, 5.74) is 0. The molecule has 0 saturated heterocycles. The van der Waals surface area contributed by atoms with Crippen molar-refractivity contribution in [2.45, 2.75) is 341 Å². The highest BCUT2D eigenvalue weighted by molar-refractivity contribution is 7.45. The van der Waals surface area contributed by atoms with Crippen LogP contribution in [0.4, 0.5) is 0 Å². The lowest BCUT2D eigenvalue weighted by Gasteiger charge is -2.28. The molecule has 2 atom stereocenters. The first-order chi connectivity index (χ1) is 36.0. The van der Waals surface area contributed by atoms with Crippen molar-refractivity contribution < 1.29 is 42.1 Å². The number of allylic oxidation sites excluding steroid dienone is 2. The Balaban J connectivity index is 3.89. The summed E-state index contributed by atoms with van der Waals surface area (Å²) in [6.07, 6.45) is 67.3. The minimum absolute atomic E-state index is 0.0288. The molecule has 2 unspecified atom stereocenters. The molecular weight excluding hydrogens is 942 g/mol. The molecule has 9 nitrogen and oxygen atoms in total. The van der Waals surface area contributed by atoms with Gasteiger partial charge in [-0.15, -0.1) is 0 Å². The van der Waals surface area contributed by atoms with E-state index in [4.69, 9.17) is 18.5 Å². The fourth-order valence-corrected chi connectivity index (χ4v) is 10.5. The van der Waals surface area contributed by atoms with Gasteiger partial charge in [0.1, 0.15) is 19.8 Å². The van der Waals surface area contributed by atoms with Gasteiger partial charge in [0.15, 0.2) is 6.10 Å². The number of rotatable bonds is 61. The van der Waals surface area contributed by atoms with Gasteiger partial charge in [-0.05, 0) is 38.5 Å². The SMILES string of the molecule is CCCCCCCC/C=C\CCCCCCCC(=O)OC(COC(=O)CCCCCCCCCCCCCCCCCCCCCCCCCCCCCCCCCCCCC)COP(=O)([O-])OCC[N+](C)(C)C. The van der Waals surface area contributed by atoms with Gasteiger partial charge in [0.25, 0.3) is 7.82 Å². The maximum Gasteiger partial charge on any atom is 0.306 e. The Hall–Kier alpha value is -1.25. The Morgan fingerprint density at radius 3 is 1.00 bits per heavy atom. The zero-order chi connectivity index (χ0) is 54.2. The van der Waals surface area contributed by atoms with Crippen LogP contribution in [-0.2, 0) is 32.7 Å². The topological polar surface area (TPSA) is 111 Å². The smallest absolute Gasteiger partial charge is 0.306 e. The number of phosphoric ester groups is 1. The molecule has 440 valence electrons. The van der Waals surface area contributed by atoms with Gasteiger partial charge < -0.3 is 27.9 Å². The number of phosphoric acid groups is 1. The van der Waals surface area contributed by atoms with Crippen LogP contribution in [0.15, 0.2) is 12.2 Å². The molecule has 0 aromatic carbocycles. The quantitative estimate of drug-likeness (QED) is 0.0195. The Labute approximate surface area is 460 Å². The molecule has 74 heavy (non-hydrogen) atoms. The summed E-state index contributed by atoms with van der Waals surface area (Å²) < 4.78 is 34.2. The number of hydrogen-bond acceptors (Lipinski definition) is 8. The number of ether oxygens (including phenoxy) is 2. The summed E-state index contributed by atoms with van der Waals surface area (Å²) in [5, 5.41) is 0. The molecule has 0 N–H and O–H groups in total. The number of nitrogens with zero attached hydrogens (tertiary/aromatic N) is 1. The molecule has 0 aliphatic rings. The van der Waals surface area contributed by atoms with Gasteiger partial charge in [0, 0.05) is 12.8 Å². The van der Waals surface area contributed by atoms with Crippen LogP contribution in [0.5, 0.6) is 0 Å². The van der Waals surface area contributed by atoms with Crippen molar-refractivity contribution in [1.29, 1.82) is 0 Å². The van der Waals surface area contributed by atoms with E-state index in [-0.39, 0.29) is 32.0 Å². The van der Waals surface area contributed by atoms with Crippen molar-refractivity contribution >= 4 is 19.8 Å². The van der Waals surface area contributed by atoms with Crippen LogP contribution in [0, 0.1) is 0 Å². The summed E-state index contributed by atoms with van der Waals surface area (Å²) >= 11 is 0. The molecule has 0 fully saturated rings. The fourth-order valence-electron chi connectivity index (χ4n) is 9.77. The molecule has 0 heterocycles. The van der Waals surface area contributed by atoms with Gasteiger partial charge in [-0.3, -0.25) is 14.2 Å².